The van der Waals surface area contributed by atoms with Gasteiger partial charge in [0, 0.05) is 36.6 Å². The molecule has 49 heavy (non-hydrogen) atoms. The van der Waals surface area contributed by atoms with Gasteiger partial charge < -0.3 is 20.0 Å². The highest BCUT2D eigenvalue weighted by Crippen LogP contribution is 2.36. The van der Waals surface area contributed by atoms with E-state index in [1.807, 2.05) is 65.7 Å². The van der Waals surface area contributed by atoms with Gasteiger partial charge in [0.05, 0.1) is 35.9 Å². The number of H-pyrrole nitrogens is 2. The van der Waals surface area contributed by atoms with Gasteiger partial charge in [-0.15, -0.1) is 0 Å². The summed E-state index contributed by atoms with van der Waals surface area (Å²) in [4.78, 5) is 56.5. The van der Waals surface area contributed by atoms with E-state index in [0.29, 0.717) is 24.7 Å². The first-order valence-electron chi connectivity index (χ1n) is 17.1. The average Bonchev–Trinajstić information content (AvgIpc) is 3.97. The summed E-state index contributed by atoms with van der Waals surface area (Å²) in [5.41, 5.74) is 5.28. The van der Waals surface area contributed by atoms with Gasteiger partial charge in [0.25, 0.3) is 0 Å². The van der Waals surface area contributed by atoms with Gasteiger partial charge in [0.15, 0.2) is 5.82 Å². The van der Waals surface area contributed by atoms with Crippen LogP contribution in [0.2, 0.25) is 0 Å². The Balaban J connectivity index is 1.04. The first-order chi connectivity index (χ1) is 23.9. The van der Waals surface area contributed by atoms with Crippen molar-refractivity contribution in [3.05, 3.63) is 96.6 Å². The number of nitrogens with zero attached hydrogens (tertiary/aromatic N) is 7. The molecular weight excluding hydrogens is 618 g/mol. The van der Waals surface area contributed by atoms with Crippen molar-refractivity contribution in [1.82, 2.24) is 44.6 Å². The summed E-state index contributed by atoms with van der Waals surface area (Å²) in [6.45, 7) is 7.01. The summed E-state index contributed by atoms with van der Waals surface area (Å²) >= 11 is 0. The number of imidazole rings is 2. The van der Waals surface area contributed by atoms with Gasteiger partial charge in [-0.2, -0.15) is 0 Å². The first-order valence-corrected chi connectivity index (χ1v) is 17.1. The van der Waals surface area contributed by atoms with Crippen LogP contribution in [0.5, 0.6) is 0 Å². The largest absolute Gasteiger partial charge is 0.465 e. The molecule has 0 unspecified atom stereocenters. The van der Waals surface area contributed by atoms with Crippen molar-refractivity contribution >= 4 is 12.0 Å². The van der Waals surface area contributed by atoms with E-state index >= 15 is 0 Å². The molecule has 2 aliphatic rings. The molecule has 0 radical (unpaired) electrons. The van der Waals surface area contributed by atoms with Crippen LogP contribution < -0.4 is 0 Å². The maximum Gasteiger partial charge on any atom is 0.407 e. The number of hydrogen-bond donors (Lipinski definition) is 3. The minimum Gasteiger partial charge on any atom is -0.465 e. The van der Waals surface area contributed by atoms with Crippen LogP contribution in [0.25, 0.3) is 33.9 Å². The van der Waals surface area contributed by atoms with Crippen molar-refractivity contribution in [1.29, 1.82) is 0 Å². The number of aromatic amines is 2. The lowest BCUT2D eigenvalue weighted by Gasteiger charge is -2.34. The Labute approximate surface area is 285 Å². The second-order valence-corrected chi connectivity index (χ2v) is 12.6. The van der Waals surface area contributed by atoms with Crippen molar-refractivity contribution in [3.8, 4) is 33.9 Å². The minimum atomic E-state index is -0.928. The lowest BCUT2D eigenvalue weighted by atomic mass is 10.0. The smallest absolute Gasteiger partial charge is 0.407 e. The number of carboxylic acid groups (broad SMARTS) is 1. The van der Waals surface area contributed by atoms with Crippen LogP contribution >= 0.6 is 0 Å². The molecule has 0 spiro atoms. The number of likely N-dealkylation sites (N-methyl/N-ethyl adjacent to an activating group) is 1. The van der Waals surface area contributed by atoms with Crippen LogP contribution in [0.3, 0.4) is 0 Å². The molecule has 0 bridgehead atoms. The fourth-order valence-electron chi connectivity index (χ4n) is 7.21. The molecule has 3 atom stereocenters. The van der Waals surface area contributed by atoms with Crippen molar-refractivity contribution in [2.45, 2.75) is 57.7 Å². The maximum absolute atomic E-state index is 14.1. The molecule has 2 aliphatic heterocycles. The summed E-state index contributed by atoms with van der Waals surface area (Å²) in [7, 11) is 0. The predicted octanol–water partition coefficient (Wildman–Crippen LogP) is 6.49. The van der Waals surface area contributed by atoms with Gasteiger partial charge in [0.1, 0.15) is 17.7 Å². The third-order valence-corrected chi connectivity index (χ3v) is 9.80. The predicted molar refractivity (Wildman–Crippen MR) is 185 cm³/mol. The number of amides is 2. The third kappa shape index (κ3) is 6.43. The fourth-order valence-corrected chi connectivity index (χ4v) is 7.21. The molecule has 0 saturated carbocycles. The van der Waals surface area contributed by atoms with Crippen LogP contribution in [0.1, 0.15) is 74.9 Å². The molecular formula is C37H41N9O3. The van der Waals surface area contributed by atoms with E-state index in [1.165, 1.54) is 4.90 Å². The molecule has 2 saturated heterocycles. The summed E-state index contributed by atoms with van der Waals surface area (Å²) in [6.07, 6.45) is 9.47. The van der Waals surface area contributed by atoms with E-state index in [0.717, 1.165) is 78.2 Å². The van der Waals surface area contributed by atoms with Crippen LogP contribution in [-0.2, 0) is 4.79 Å². The van der Waals surface area contributed by atoms with E-state index in [2.05, 4.69) is 43.7 Å². The quantitative estimate of drug-likeness (QED) is 0.154. The molecule has 12 nitrogen and oxygen atoms in total. The van der Waals surface area contributed by atoms with E-state index in [-0.39, 0.29) is 24.0 Å². The second kappa shape index (κ2) is 14.0. The molecule has 3 aromatic heterocycles. The highest BCUT2D eigenvalue weighted by Gasteiger charge is 2.38. The van der Waals surface area contributed by atoms with E-state index in [9.17, 15) is 14.7 Å². The average molecular weight is 660 g/mol. The number of carbonyl (C=O) groups excluding carboxylic acids is 1. The summed E-state index contributed by atoms with van der Waals surface area (Å²) in [5.74, 6) is 2.16. The lowest BCUT2D eigenvalue weighted by molar-refractivity contribution is -0.138. The van der Waals surface area contributed by atoms with Crippen molar-refractivity contribution < 1.29 is 14.7 Å². The zero-order valence-electron chi connectivity index (χ0n) is 27.8. The second-order valence-electron chi connectivity index (χ2n) is 12.6. The highest BCUT2D eigenvalue weighted by atomic mass is 16.4. The molecule has 5 heterocycles. The van der Waals surface area contributed by atoms with Gasteiger partial charge in [-0.25, -0.2) is 24.7 Å². The number of nitrogens with one attached hydrogen (secondary N) is 2. The monoisotopic (exact) mass is 659 g/mol. The van der Waals surface area contributed by atoms with Crippen LogP contribution in [0.4, 0.5) is 4.79 Å². The fraction of sp³-hybridized carbons (Fsp3) is 0.351. The Bertz CT molecular complexity index is 1880. The Kier molecular flexibility index (Phi) is 9.21. The summed E-state index contributed by atoms with van der Waals surface area (Å²) in [6, 6.07) is 17.4. The van der Waals surface area contributed by atoms with Crippen molar-refractivity contribution in [3.63, 3.8) is 0 Å². The number of benzene rings is 2. The van der Waals surface area contributed by atoms with Crippen LogP contribution in [0, 0.1) is 0 Å². The Morgan fingerprint density at radius 2 is 1.31 bits per heavy atom. The van der Waals surface area contributed by atoms with Gasteiger partial charge in [-0.1, -0.05) is 68.4 Å². The SMILES string of the molecule is CCN(CC)[C@@H](C(=O)N1CCC[C@H]1c1ncc(-c2ccc(-c3ncc(-c4cnc([C@@H]5CCCN5C(=O)O)[nH]4)cn3)cc2)[nH]1)c1ccccc1. The molecule has 2 amide bonds. The van der Waals surface area contributed by atoms with Gasteiger partial charge >= 0.3 is 6.09 Å². The van der Waals surface area contributed by atoms with Crippen molar-refractivity contribution in [2.24, 2.45) is 0 Å². The zero-order valence-corrected chi connectivity index (χ0v) is 27.8. The van der Waals surface area contributed by atoms with Gasteiger partial charge in [0.2, 0.25) is 5.91 Å². The molecule has 0 aliphatic carbocycles. The Morgan fingerprint density at radius 3 is 1.90 bits per heavy atom. The summed E-state index contributed by atoms with van der Waals surface area (Å²) < 4.78 is 0. The first kappa shape index (κ1) is 32.2. The number of likely N-dealkylation sites (tertiary alicyclic amines) is 2. The molecule has 252 valence electrons. The Hall–Kier alpha value is -5.36. The van der Waals surface area contributed by atoms with Crippen molar-refractivity contribution in [2.75, 3.05) is 26.2 Å². The maximum atomic E-state index is 14.1. The topological polar surface area (TPSA) is 147 Å². The molecule has 7 rings (SSSR count). The van der Waals surface area contributed by atoms with Gasteiger partial charge in [-0.05, 0) is 49.9 Å². The van der Waals surface area contributed by atoms with Crippen LogP contribution in [0.15, 0.2) is 79.4 Å². The molecule has 2 aromatic carbocycles. The molecule has 3 N–H and O–H groups in total. The van der Waals surface area contributed by atoms with Gasteiger partial charge in [-0.3, -0.25) is 14.6 Å². The number of hydrogen-bond acceptors (Lipinski definition) is 7. The number of aromatic nitrogens is 6. The Morgan fingerprint density at radius 1 is 0.755 bits per heavy atom. The van der Waals surface area contributed by atoms with E-state index in [4.69, 9.17) is 4.98 Å². The standard InChI is InChI=1S/C37H41N9O3/c1-3-44(4-2)32(25-10-6-5-7-11-25)36(47)45-18-8-12-30(45)34-40-22-28(42-34)24-14-16-26(17-15-24)33-38-20-27(21-39-33)29-23-41-35(43-29)31-13-9-19-46(31)37(48)49/h5-7,10-11,14-17,20-23,30-32H,3-4,8-9,12-13,18-19H2,1-2H3,(H,40,42)(H,41,43)(H,48,49)/t30-,31-,32+/m0/s1. The van der Waals surface area contributed by atoms with E-state index < -0.39 is 6.09 Å². The van der Waals surface area contributed by atoms with Crippen LogP contribution in [-0.4, -0.2) is 87.9 Å². The molecule has 2 fully saturated rings. The minimum absolute atomic E-state index is 0.102. The number of carbonyl (C=O) groups is 2. The third-order valence-electron chi connectivity index (χ3n) is 9.80. The van der Waals surface area contributed by atoms with E-state index in [1.54, 1.807) is 18.6 Å². The molecule has 5 aromatic rings. The summed E-state index contributed by atoms with van der Waals surface area (Å²) in [5, 5.41) is 9.49. The zero-order chi connectivity index (χ0) is 33.9. The lowest BCUT2D eigenvalue weighted by Crippen LogP contribution is -2.43. The molecule has 12 heteroatoms. The number of rotatable bonds is 10. The highest BCUT2D eigenvalue weighted by molar-refractivity contribution is 5.84. The normalized spacial score (nSPS) is 18.3.